The molecule has 1 aliphatic rings. The Morgan fingerprint density at radius 3 is 2.41 bits per heavy atom. The second-order valence-corrected chi connectivity index (χ2v) is 10.0. The molecule has 0 radical (unpaired) electrons. The molecule has 0 unspecified atom stereocenters. The molecule has 0 bridgehead atoms. The highest BCUT2D eigenvalue weighted by Gasteiger charge is 2.26. The van der Waals surface area contributed by atoms with Crippen LogP contribution in [-0.2, 0) is 16.0 Å². The lowest BCUT2D eigenvalue weighted by atomic mass is 10.1. The van der Waals surface area contributed by atoms with Crippen LogP contribution in [0.15, 0.2) is 71.4 Å². The fourth-order valence-corrected chi connectivity index (χ4v) is 5.68. The minimum Gasteiger partial charge on any atom is -0.491 e. The van der Waals surface area contributed by atoms with Crippen LogP contribution in [0.3, 0.4) is 0 Å². The van der Waals surface area contributed by atoms with E-state index in [1.54, 1.807) is 24.3 Å². The zero-order chi connectivity index (χ0) is 22.7. The smallest absolute Gasteiger partial charge is 0.363 e. The molecule has 0 aromatic heterocycles. The zero-order valence-electron chi connectivity index (χ0n) is 16.4. The number of aliphatic imine (C=N–C) groups is 1. The van der Waals surface area contributed by atoms with Crippen LogP contribution < -0.4 is 4.74 Å². The molecule has 0 amide bonds. The van der Waals surface area contributed by atoms with Crippen LogP contribution in [0.5, 0.6) is 5.75 Å². The fourth-order valence-electron chi connectivity index (χ4n) is 3.06. The van der Waals surface area contributed by atoms with Crippen molar-refractivity contribution in [3.05, 3.63) is 100 Å². The fraction of sp³-hybridized carbons (Fsp3) is 0.0833. The van der Waals surface area contributed by atoms with E-state index in [0.29, 0.717) is 22.2 Å². The monoisotopic (exact) mass is 689 g/mol. The van der Waals surface area contributed by atoms with Gasteiger partial charge in [0.1, 0.15) is 5.75 Å². The number of benzene rings is 3. The van der Waals surface area contributed by atoms with Crippen LogP contribution in [0.25, 0.3) is 6.08 Å². The quantitative estimate of drug-likeness (QED) is 0.157. The lowest BCUT2D eigenvalue weighted by Crippen LogP contribution is -2.06. The van der Waals surface area contributed by atoms with E-state index >= 15 is 0 Å². The molecule has 0 saturated carbocycles. The van der Waals surface area contributed by atoms with Crippen LogP contribution in [0.1, 0.15) is 16.7 Å². The molecule has 0 N–H and O–H groups in total. The Kier molecular flexibility index (Phi) is 7.75. The van der Waals surface area contributed by atoms with E-state index in [-0.39, 0.29) is 11.6 Å². The molecule has 4 rings (SSSR count). The van der Waals surface area contributed by atoms with Crippen LogP contribution >= 0.6 is 68.4 Å². The van der Waals surface area contributed by atoms with E-state index < -0.39 is 5.97 Å². The molecule has 3 aromatic rings. The highest BCUT2D eigenvalue weighted by molar-refractivity contribution is 14.1. The SMILES string of the molecule is O=C1OC(c2ccc(Cl)cc2Cl)=N/C1=C\c1cc(I)c(OCCc2ccccc2)c(I)c1. The van der Waals surface area contributed by atoms with Gasteiger partial charge >= 0.3 is 5.97 Å². The van der Waals surface area contributed by atoms with Gasteiger partial charge in [-0.15, -0.1) is 0 Å². The summed E-state index contributed by atoms with van der Waals surface area (Å²) in [6, 6.07) is 19.0. The Balaban J connectivity index is 1.52. The largest absolute Gasteiger partial charge is 0.491 e. The van der Waals surface area contributed by atoms with Crippen molar-refractivity contribution >= 4 is 86.3 Å². The number of ether oxygens (including phenoxy) is 2. The number of hydrogen-bond acceptors (Lipinski definition) is 4. The van der Waals surface area contributed by atoms with E-state index in [1.807, 2.05) is 30.3 Å². The molecule has 4 nitrogen and oxygen atoms in total. The summed E-state index contributed by atoms with van der Waals surface area (Å²) in [5.41, 5.74) is 2.77. The zero-order valence-corrected chi connectivity index (χ0v) is 22.3. The number of cyclic esters (lactones) is 1. The molecule has 0 saturated heterocycles. The van der Waals surface area contributed by atoms with E-state index in [9.17, 15) is 4.79 Å². The standard InChI is InChI=1S/C24H15Cl2I2NO3/c25-16-6-7-17(18(26)13-16)23-29-21(24(30)32-23)12-15-10-19(27)22(20(28)11-15)31-9-8-14-4-2-1-3-5-14/h1-7,10-13H,8-9H2/b21-12-. The Morgan fingerprint density at radius 1 is 1.00 bits per heavy atom. The van der Waals surface area contributed by atoms with Crippen LogP contribution in [0.2, 0.25) is 10.0 Å². The molecule has 32 heavy (non-hydrogen) atoms. The maximum atomic E-state index is 12.4. The van der Waals surface area contributed by atoms with Crippen molar-refractivity contribution in [2.75, 3.05) is 6.61 Å². The average molecular weight is 690 g/mol. The number of esters is 1. The molecule has 8 heteroatoms. The van der Waals surface area contributed by atoms with Crippen molar-refractivity contribution in [1.29, 1.82) is 0 Å². The average Bonchev–Trinajstić information content (AvgIpc) is 3.10. The number of halogens is 4. The number of rotatable bonds is 6. The highest BCUT2D eigenvalue weighted by Crippen LogP contribution is 2.31. The summed E-state index contributed by atoms with van der Waals surface area (Å²) in [7, 11) is 0. The van der Waals surface area contributed by atoms with Crippen molar-refractivity contribution in [2.24, 2.45) is 4.99 Å². The topological polar surface area (TPSA) is 47.9 Å². The third-order valence-corrected chi connectivity index (χ3v) is 6.74. The molecule has 1 heterocycles. The normalized spacial score (nSPS) is 14.4. The van der Waals surface area contributed by atoms with Gasteiger partial charge in [-0.3, -0.25) is 0 Å². The first-order valence-corrected chi connectivity index (χ1v) is 12.5. The second-order valence-electron chi connectivity index (χ2n) is 6.86. The molecule has 0 spiro atoms. The summed E-state index contributed by atoms with van der Waals surface area (Å²) in [6.07, 6.45) is 2.52. The van der Waals surface area contributed by atoms with E-state index in [2.05, 4.69) is 62.3 Å². The first kappa shape index (κ1) is 23.5. The van der Waals surface area contributed by atoms with Gasteiger partial charge in [0.15, 0.2) is 5.70 Å². The number of nitrogens with zero attached hydrogens (tertiary/aromatic N) is 1. The Morgan fingerprint density at radius 2 is 1.72 bits per heavy atom. The first-order valence-electron chi connectivity index (χ1n) is 9.54. The Hall–Kier alpha value is -1.62. The Bertz CT molecular complexity index is 1220. The number of carbonyl (C=O) groups excluding carboxylic acids is 1. The first-order chi connectivity index (χ1) is 15.4. The molecular formula is C24H15Cl2I2NO3. The molecule has 0 aliphatic carbocycles. The van der Waals surface area contributed by atoms with E-state index in [0.717, 1.165) is 24.9 Å². The van der Waals surface area contributed by atoms with Gasteiger partial charge in [0.2, 0.25) is 5.90 Å². The third kappa shape index (κ3) is 5.65. The van der Waals surface area contributed by atoms with Gasteiger partial charge in [-0.1, -0.05) is 53.5 Å². The lowest BCUT2D eigenvalue weighted by Gasteiger charge is -2.11. The van der Waals surface area contributed by atoms with Crippen molar-refractivity contribution in [3.63, 3.8) is 0 Å². The predicted octanol–water partition coefficient (Wildman–Crippen LogP) is 7.17. The summed E-state index contributed by atoms with van der Waals surface area (Å²) < 4.78 is 13.3. The maximum absolute atomic E-state index is 12.4. The van der Waals surface area contributed by atoms with Crippen molar-refractivity contribution < 1.29 is 14.3 Å². The number of carbonyl (C=O) groups is 1. The molecule has 0 fully saturated rings. The van der Waals surface area contributed by atoms with Crippen LogP contribution in [0.4, 0.5) is 0 Å². The minimum absolute atomic E-state index is 0.160. The summed E-state index contributed by atoms with van der Waals surface area (Å²) in [5, 5.41) is 0.862. The molecular weight excluding hydrogens is 675 g/mol. The van der Waals surface area contributed by atoms with Gasteiger partial charge in [0.25, 0.3) is 0 Å². The number of hydrogen-bond donors (Lipinski definition) is 0. The van der Waals surface area contributed by atoms with Crippen molar-refractivity contribution in [3.8, 4) is 5.75 Å². The molecule has 0 atom stereocenters. The van der Waals surface area contributed by atoms with Gasteiger partial charge < -0.3 is 9.47 Å². The van der Waals surface area contributed by atoms with Gasteiger partial charge in [-0.05, 0) is 92.7 Å². The van der Waals surface area contributed by atoms with Crippen LogP contribution in [0, 0.1) is 7.14 Å². The van der Waals surface area contributed by atoms with Gasteiger partial charge in [0, 0.05) is 11.4 Å². The van der Waals surface area contributed by atoms with E-state index in [1.165, 1.54) is 5.56 Å². The molecule has 3 aromatic carbocycles. The summed E-state index contributed by atoms with van der Waals surface area (Å²) in [4.78, 5) is 16.7. The van der Waals surface area contributed by atoms with Gasteiger partial charge in [-0.25, -0.2) is 9.79 Å². The maximum Gasteiger partial charge on any atom is 0.363 e. The minimum atomic E-state index is -0.528. The molecule has 162 valence electrons. The summed E-state index contributed by atoms with van der Waals surface area (Å²) >= 11 is 16.6. The highest BCUT2D eigenvalue weighted by atomic mass is 127. The van der Waals surface area contributed by atoms with Crippen molar-refractivity contribution in [1.82, 2.24) is 0 Å². The van der Waals surface area contributed by atoms with E-state index in [4.69, 9.17) is 32.7 Å². The van der Waals surface area contributed by atoms with Gasteiger partial charge in [0.05, 0.1) is 24.3 Å². The van der Waals surface area contributed by atoms with Crippen LogP contribution in [-0.4, -0.2) is 18.5 Å². The third-order valence-electron chi connectivity index (χ3n) is 4.59. The summed E-state index contributed by atoms with van der Waals surface area (Å²) in [6.45, 7) is 0.582. The second kappa shape index (κ2) is 10.5. The lowest BCUT2D eigenvalue weighted by molar-refractivity contribution is -0.129. The van der Waals surface area contributed by atoms with Gasteiger partial charge in [-0.2, -0.15) is 0 Å². The Labute approximate surface area is 222 Å². The molecule has 1 aliphatic heterocycles. The van der Waals surface area contributed by atoms with Crippen molar-refractivity contribution in [2.45, 2.75) is 6.42 Å². The predicted molar refractivity (Wildman–Crippen MR) is 145 cm³/mol. The summed E-state index contributed by atoms with van der Waals surface area (Å²) in [5.74, 6) is 0.461.